The van der Waals surface area contributed by atoms with Gasteiger partial charge in [-0.15, -0.1) is 0 Å². The number of pyridine rings is 1. The molecule has 2 N–H and O–H groups in total. The number of hydrogen-bond acceptors (Lipinski definition) is 4. The second-order valence-electron chi connectivity index (χ2n) is 5.25. The summed E-state index contributed by atoms with van der Waals surface area (Å²) in [5.74, 6) is 1.21. The lowest BCUT2D eigenvalue weighted by Gasteiger charge is -2.08. The molecule has 6 heteroatoms. The van der Waals surface area contributed by atoms with Gasteiger partial charge in [-0.05, 0) is 60.7 Å². The second-order valence-corrected chi connectivity index (χ2v) is 6.16. The van der Waals surface area contributed by atoms with Gasteiger partial charge in [-0.3, -0.25) is 4.79 Å². The molecule has 0 atom stereocenters. The number of carbonyl (C=O) groups excluding carboxylic acids is 1. The Hall–Kier alpha value is -2.86. The summed E-state index contributed by atoms with van der Waals surface area (Å²) < 4.78 is 6.10. The Labute approximate surface area is 154 Å². The first-order valence-electron chi connectivity index (χ1n) is 7.58. The predicted octanol–water partition coefficient (Wildman–Crippen LogP) is 4.85. The first kappa shape index (κ1) is 17.0. The molecule has 2 aromatic carbocycles. The highest BCUT2D eigenvalue weighted by Gasteiger charge is 2.06. The molecule has 5 nitrogen and oxygen atoms in total. The standard InChI is InChI=1S/C19H16BrN3O2/c1-25-17-9-2-13(3-10-17)19(24)23-16-8-11-18(21-12-16)22-15-6-4-14(20)5-7-15/h2-12H,1H3,(H,21,22)(H,23,24). The Morgan fingerprint density at radius 3 is 2.24 bits per heavy atom. The average Bonchev–Trinajstić information content (AvgIpc) is 2.65. The number of ether oxygens (including phenoxy) is 1. The highest BCUT2D eigenvalue weighted by atomic mass is 79.9. The van der Waals surface area contributed by atoms with E-state index in [0.29, 0.717) is 22.8 Å². The fourth-order valence-corrected chi connectivity index (χ4v) is 2.43. The number of hydrogen-bond donors (Lipinski definition) is 2. The van der Waals surface area contributed by atoms with E-state index in [4.69, 9.17) is 4.74 Å². The highest BCUT2D eigenvalue weighted by Crippen LogP contribution is 2.19. The molecule has 1 heterocycles. The molecule has 3 aromatic rings. The van der Waals surface area contributed by atoms with Crippen molar-refractivity contribution in [2.24, 2.45) is 0 Å². The molecule has 0 saturated heterocycles. The van der Waals surface area contributed by atoms with Gasteiger partial charge < -0.3 is 15.4 Å². The third-order valence-electron chi connectivity index (χ3n) is 3.49. The summed E-state index contributed by atoms with van der Waals surface area (Å²) in [7, 11) is 1.59. The van der Waals surface area contributed by atoms with Crippen LogP contribution in [0.15, 0.2) is 71.3 Å². The molecule has 1 aromatic heterocycles. The molecular weight excluding hydrogens is 382 g/mol. The Bertz CT molecular complexity index is 847. The van der Waals surface area contributed by atoms with Crippen LogP contribution in [0.3, 0.4) is 0 Å². The second kappa shape index (κ2) is 7.81. The number of rotatable bonds is 5. The first-order chi connectivity index (χ1) is 12.1. The summed E-state index contributed by atoms with van der Waals surface area (Å²) in [5, 5.41) is 6.02. The molecule has 0 radical (unpaired) electrons. The van der Waals surface area contributed by atoms with Crippen molar-refractivity contribution in [3.05, 3.63) is 76.9 Å². The summed E-state index contributed by atoms with van der Waals surface area (Å²) in [4.78, 5) is 16.5. The molecule has 0 fully saturated rings. The van der Waals surface area contributed by atoms with Crippen LogP contribution in [-0.2, 0) is 0 Å². The van der Waals surface area contributed by atoms with Gasteiger partial charge in [-0.25, -0.2) is 4.98 Å². The maximum atomic E-state index is 12.2. The summed E-state index contributed by atoms with van der Waals surface area (Å²) >= 11 is 3.40. The van der Waals surface area contributed by atoms with Crippen LogP contribution in [0.25, 0.3) is 0 Å². The van der Waals surface area contributed by atoms with Gasteiger partial charge in [0.1, 0.15) is 11.6 Å². The molecule has 126 valence electrons. The fraction of sp³-hybridized carbons (Fsp3) is 0.0526. The largest absolute Gasteiger partial charge is 0.497 e. The zero-order valence-corrected chi connectivity index (χ0v) is 15.1. The molecule has 1 amide bonds. The van der Waals surface area contributed by atoms with Crippen LogP contribution in [0.5, 0.6) is 5.75 Å². The van der Waals surface area contributed by atoms with Gasteiger partial charge in [-0.1, -0.05) is 15.9 Å². The molecule has 0 aliphatic rings. The van der Waals surface area contributed by atoms with Gasteiger partial charge in [0.15, 0.2) is 0 Å². The quantitative estimate of drug-likeness (QED) is 0.645. The van der Waals surface area contributed by atoms with Crippen molar-refractivity contribution in [1.29, 1.82) is 0 Å². The summed E-state index contributed by atoms with van der Waals surface area (Å²) in [5.41, 5.74) is 2.12. The molecule has 3 rings (SSSR count). The minimum atomic E-state index is -0.196. The fourth-order valence-electron chi connectivity index (χ4n) is 2.17. The van der Waals surface area contributed by atoms with E-state index in [1.54, 1.807) is 43.6 Å². The maximum Gasteiger partial charge on any atom is 0.255 e. The van der Waals surface area contributed by atoms with Crippen LogP contribution in [0.1, 0.15) is 10.4 Å². The van der Waals surface area contributed by atoms with Crippen LogP contribution in [0.4, 0.5) is 17.2 Å². The number of methoxy groups -OCH3 is 1. The minimum absolute atomic E-state index is 0.196. The number of halogens is 1. The van der Waals surface area contributed by atoms with Gasteiger partial charge in [0.25, 0.3) is 5.91 Å². The monoisotopic (exact) mass is 397 g/mol. The van der Waals surface area contributed by atoms with Crippen molar-refractivity contribution in [2.75, 3.05) is 17.7 Å². The molecule has 0 bridgehead atoms. The normalized spacial score (nSPS) is 10.2. The number of nitrogens with zero attached hydrogens (tertiary/aromatic N) is 1. The van der Waals surface area contributed by atoms with Crippen LogP contribution < -0.4 is 15.4 Å². The molecule has 0 saturated carbocycles. The maximum absolute atomic E-state index is 12.2. The Morgan fingerprint density at radius 2 is 1.64 bits per heavy atom. The van der Waals surface area contributed by atoms with Gasteiger partial charge in [0, 0.05) is 15.7 Å². The van der Waals surface area contributed by atoms with E-state index in [1.807, 2.05) is 30.3 Å². The molecular formula is C19H16BrN3O2. The van der Waals surface area contributed by atoms with E-state index >= 15 is 0 Å². The minimum Gasteiger partial charge on any atom is -0.497 e. The summed E-state index contributed by atoms with van der Waals surface area (Å²) in [6.07, 6.45) is 1.61. The van der Waals surface area contributed by atoms with E-state index in [-0.39, 0.29) is 5.91 Å². The van der Waals surface area contributed by atoms with Crippen molar-refractivity contribution >= 4 is 39.0 Å². The SMILES string of the molecule is COc1ccc(C(=O)Nc2ccc(Nc3ccc(Br)cc3)nc2)cc1. The first-order valence-corrected chi connectivity index (χ1v) is 8.37. The third kappa shape index (κ3) is 4.58. The highest BCUT2D eigenvalue weighted by molar-refractivity contribution is 9.10. The summed E-state index contributed by atoms with van der Waals surface area (Å²) in [6.45, 7) is 0. The number of amides is 1. The van der Waals surface area contributed by atoms with Gasteiger partial charge in [0.2, 0.25) is 0 Å². The summed E-state index contributed by atoms with van der Waals surface area (Å²) in [6, 6.07) is 18.3. The van der Waals surface area contributed by atoms with Crippen molar-refractivity contribution in [1.82, 2.24) is 4.98 Å². The Kier molecular flexibility index (Phi) is 5.30. The van der Waals surface area contributed by atoms with E-state index in [1.165, 1.54) is 0 Å². The van der Waals surface area contributed by atoms with Gasteiger partial charge >= 0.3 is 0 Å². The lowest BCUT2D eigenvalue weighted by Crippen LogP contribution is -2.12. The zero-order chi connectivity index (χ0) is 17.6. The van der Waals surface area contributed by atoms with E-state index < -0.39 is 0 Å². The predicted molar refractivity (Wildman–Crippen MR) is 103 cm³/mol. The van der Waals surface area contributed by atoms with Crippen LogP contribution in [0.2, 0.25) is 0 Å². The van der Waals surface area contributed by atoms with E-state index in [2.05, 4.69) is 31.5 Å². The van der Waals surface area contributed by atoms with Crippen molar-refractivity contribution in [3.63, 3.8) is 0 Å². The third-order valence-corrected chi connectivity index (χ3v) is 4.02. The lowest BCUT2D eigenvalue weighted by atomic mass is 10.2. The van der Waals surface area contributed by atoms with Crippen molar-refractivity contribution in [3.8, 4) is 5.75 Å². The van der Waals surface area contributed by atoms with E-state index in [0.717, 1.165) is 10.2 Å². The molecule has 0 unspecified atom stereocenters. The van der Waals surface area contributed by atoms with Gasteiger partial charge in [0.05, 0.1) is 19.0 Å². The topological polar surface area (TPSA) is 63.2 Å². The number of aromatic nitrogens is 1. The number of nitrogens with one attached hydrogen (secondary N) is 2. The Balaban J connectivity index is 1.63. The lowest BCUT2D eigenvalue weighted by molar-refractivity contribution is 0.102. The van der Waals surface area contributed by atoms with Crippen molar-refractivity contribution < 1.29 is 9.53 Å². The smallest absolute Gasteiger partial charge is 0.255 e. The molecule has 0 aliphatic carbocycles. The van der Waals surface area contributed by atoms with Crippen LogP contribution in [-0.4, -0.2) is 18.0 Å². The van der Waals surface area contributed by atoms with Crippen LogP contribution >= 0.6 is 15.9 Å². The Morgan fingerprint density at radius 1 is 0.960 bits per heavy atom. The average molecular weight is 398 g/mol. The van der Waals surface area contributed by atoms with Gasteiger partial charge in [-0.2, -0.15) is 0 Å². The molecule has 0 aliphatic heterocycles. The zero-order valence-electron chi connectivity index (χ0n) is 13.5. The number of carbonyl (C=O) groups is 1. The van der Waals surface area contributed by atoms with Crippen LogP contribution in [0, 0.1) is 0 Å². The number of anilines is 3. The van der Waals surface area contributed by atoms with E-state index in [9.17, 15) is 4.79 Å². The molecule has 25 heavy (non-hydrogen) atoms. The molecule has 0 spiro atoms. The number of benzene rings is 2. The van der Waals surface area contributed by atoms with Crippen molar-refractivity contribution in [2.45, 2.75) is 0 Å².